The summed E-state index contributed by atoms with van der Waals surface area (Å²) in [6.07, 6.45) is 4.12. The van der Waals surface area contributed by atoms with E-state index >= 15 is 0 Å². The SMILES string of the molecule is CC[C@H](C)c1ccc(S(=O)(=O)N2CCCC[C@@H]2C)cc1. The minimum absolute atomic E-state index is 0.114. The average molecular weight is 295 g/mol. The quantitative estimate of drug-likeness (QED) is 0.848. The Hall–Kier alpha value is -0.870. The van der Waals surface area contributed by atoms with Crippen molar-refractivity contribution in [2.75, 3.05) is 6.54 Å². The van der Waals surface area contributed by atoms with E-state index in [4.69, 9.17) is 0 Å². The van der Waals surface area contributed by atoms with Crippen molar-refractivity contribution in [2.24, 2.45) is 0 Å². The molecule has 0 unspecified atom stereocenters. The zero-order chi connectivity index (χ0) is 14.8. The van der Waals surface area contributed by atoms with E-state index < -0.39 is 10.0 Å². The summed E-state index contributed by atoms with van der Waals surface area (Å²) < 4.78 is 27.0. The molecule has 1 aliphatic rings. The van der Waals surface area contributed by atoms with Crippen LogP contribution in [0.2, 0.25) is 0 Å². The minimum atomic E-state index is -3.33. The van der Waals surface area contributed by atoms with Crippen molar-refractivity contribution in [3.63, 3.8) is 0 Å². The summed E-state index contributed by atoms with van der Waals surface area (Å²) in [5.74, 6) is 0.473. The molecule has 3 nitrogen and oxygen atoms in total. The van der Waals surface area contributed by atoms with Crippen molar-refractivity contribution < 1.29 is 8.42 Å². The van der Waals surface area contributed by atoms with E-state index in [1.807, 2.05) is 19.1 Å². The van der Waals surface area contributed by atoms with Crippen molar-refractivity contribution in [3.8, 4) is 0 Å². The van der Waals surface area contributed by atoms with Crippen LogP contribution in [-0.4, -0.2) is 25.3 Å². The highest BCUT2D eigenvalue weighted by molar-refractivity contribution is 7.89. The molecular weight excluding hydrogens is 270 g/mol. The molecule has 1 saturated heterocycles. The summed E-state index contributed by atoms with van der Waals surface area (Å²) in [6.45, 7) is 6.96. The highest BCUT2D eigenvalue weighted by Gasteiger charge is 2.30. The van der Waals surface area contributed by atoms with Crippen LogP contribution in [0.5, 0.6) is 0 Å². The van der Waals surface area contributed by atoms with E-state index in [-0.39, 0.29) is 6.04 Å². The molecule has 0 N–H and O–H groups in total. The lowest BCUT2D eigenvalue weighted by molar-refractivity contribution is 0.268. The predicted molar refractivity (Wildman–Crippen MR) is 82.4 cm³/mol. The molecule has 1 fully saturated rings. The second-order valence-electron chi connectivity index (χ2n) is 5.84. The lowest BCUT2D eigenvalue weighted by Gasteiger charge is -2.32. The lowest BCUT2D eigenvalue weighted by atomic mass is 9.99. The molecule has 0 radical (unpaired) electrons. The smallest absolute Gasteiger partial charge is 0.207 e. The Bertz CT molecular complexity index is 536. The lowest BCUT2D eigenvalue weighted by Crippen LogP contribution is -2.41. The van der Waals surface area contributed by atoms with Crippen molar-refractivity contribution in [2.45, 2.75) is 63.3 Å². The van der Waals surface area contributed by atoms with Gasteiger partial charge in [-0.2, -0.15) is 4.31 Å². The minimum Gasteiger partial charge on any atom is -0.207 e. The Morgan fingerprint density at radius 1 is 1.25 bits per heavy atom. The fourth-order valence-electron chi connectivity index (χ4n) is 2.77. The predicted octanol–water partition coefficient (Wildman–Crippen LogP) is 3.76. The Labute approximate surface area is 123 Å². The van der Waals surface area contributed by atoms with E-state index in [1.54, 1.807) is 16.4 Å². The fourth-order valence-corrected chi connectivity index (χ4v) is 4.47. The van der Waals surface area contributed by atoms with Gasteiger partial charge >= 0.3 is 0 Å². The van der Waals surface area contributed by atoms with Crippen LogP contribution < -0.4 is 0 Å². The first-order valence-electron chi connectivity index (χ1n) is 7.58. The van der Waals surface area contributed by atoms with E-state index in [2.05, 4.69) is 13.8 Å². The molecule has 2 rings (SSSR count). The maximum absolute atomic E-state index is 12.7. The van der Waals surface area contributed by atoms with Gasteiger partial charge in [0.25, 0.3) is 0 Å². The summed E-state index contributed by atoms with van der Waals surface area (Å²) >= 11 is 0. The van der Waals surface area contributed by atoms with Gasteiger partial charge in [0.05, 0.1) is 4.90 Å². The number of rotatable bonds is 4. The maximum atomic E-state index is 12.7. The summed E-state index contributed by atoms with van der Waals surface area (Å²) in [7, 11) is -3.33. The van der Waals surface area contributed by atoms with Gasteiger partial charge < -0.3 is 0 Å². The zero-order valence-corrected chi connectivity index (χ0v) is 13.5. The molecule has 0 saturated carbocycles. The van der Waals surface area contributed by atoms with Gasteiger partial charge in [-0.3, -0.25) is 0 Å². The van der Waals surface area contributed by atoms with Crippen LogP contribution >= 0.6 is 0 Å². The number of piperidine rings is 1. The van der Waals surface area contributed by atoms with Crippen LogP contribution in [0.15, 0.2) is 29.2 Å². The molecule has 20 heavy (non-hydrogen) atoms. The molecule has 0 spiro atoms. The van der Waals surface area contributed by atoms with Gasteiger partial charge in [0, 0.05) is 12.6 Å². The maximum Gasteiger partial charge on any atom is 0.243 e. The van der Waals surface area contributed by atoms with Crippen molar-refractivity contribution >= 4 is 10.0 Å². The molecule has 1 aromatic rings. The van der Waals surface area contributed by atoms with E-state index in [9.17, 15) is 8.42 Å². The molecule has 1 aliphatic heterocycles. The van der Waals surface area contributed by atoms with Gasteiger partial charge in [0.2, 0.25) is 10.0 Å². The number of sulfonamides is 1. The Morgan fingerprint density at radius 2 is 1.90 bits per heavy atom. The number of nitrogens with zero attached hydrogens (tertiary/aromatic N) is 1. The number of hydrogen-bond donors (Lipinski definition) is 0. The van der Waals surface area contributed by atoms with Gasteiger partial charge in [-0.05, 0) is 49.8 Å². The normalized spacial score (nSPS) is 22.6. The van der Waals surface area contributed by atoms with E-state index in [0.717, 1.165) is 25.7 Å². The summed E-state index contributed by atoms with van der Waals surface area (Å²) in [5.41, 5.74) is 1.21. The van der Waals surface area contributed by atoms with Gasteiger partial charge in [-0.15, -0.1) is 0 Å². The summed E-state index contributed by atoms with van der Waals surface area (Å²) in [4.78, 5) is 0.429. The van der Waals surface area contributed by atoms with Crippen LogP contribution in [-0.2, 0) is 10.0 Å². The molecule has 112 valence electrons. The second kappa shape index (κ2) is 6.27. The first kappa shape index (κ1) is 15.5. The third-order valence-corrected chi connectivity index (χ3v) is 6.44. The van der Waals surface area contributed by atoms with Crippen molar-refractivity contribution in [1.82, 2.24) is 4.31 Å². The third kappa shape index (κ3) is 3.07. The van der Waals surface area contributed by atoms with Crippen LogP contribution in [0.3, 0.4) is 0 Å². The molecule has 1 heterocycles. The average Bonchev–Trinajstić information content (AvgIpc) is 2.47. The van der Waals surface area contributed by atoms with E-state index in [1.165, 1.54) is 5.56 Å². The Kier molecular flexibility index (Phi) is 4.86. The van der Waals surface area contributed by atoms with Crippen LogP contribution in [0.4, 0.5) is 0 Å². The second-order valence-corrected chi connectivity index (χ2v) is 7.73. The molecule has 2 atom stereocenters. The Morgan fingerprint density at radius 3 is 2.45 bits per heavy atom. The van der Waals surface area contributed by atoms with Crippen molar-refractivity contribution in [1.29, 1.82) is 0 Å². The molecule has 0 aromatic heterocycles. The standard InChI is InChI=1S/C16H25NO2S/c1-4-13(2)15-8-10-16(11-9-15)20(18,19)17-12-6-5-7-14(17)3/h8-11,13-14H,4-7,12H2,1-3H3/t13-,14-/m0/s1. The topological polar surface area (TPSA) is 37.4 Å². The number of hydrogen-bond acceptors (Lipinski definition) is 2. The largest absolute Gasteiger partial charge is 0.243 e. The van der Waals surface area contributed by atoms with Crippen LogP contribution in [0.1, 0.15) is 57.9 Å². The highest BCUT2D eigenvalue weighted by atomic mass is 32.2. The van der Waals surface area contributed by atoms with Gasteiger partial charge in [0.15, 0.2) is 0 Å². The molecule has 0 amide bonds. The third-order valence-electron chi connectivity index (χ3n) is 4.41. The molecule has 4 heteroatoms. The molecule has 0 bridgehead atoms. The molecule has 0 aliphatic carbocycles. The fraction of sp³-hybridized carbons (Fsp3) is 0.625. The van der Waals surface area contributed by atoms with Gasteiger partial charge in [0.1, 0.15) is 0 Å². The van der Waals surface area contributed by atoms with Gasteiger partial charge in [-0.25, -0.2) is 8.42 Å². The van der Waals surface area contributed by atoms with Crippen molar-refractivity contribution in [3.05, 3.63) is 29.8 Å². The highest BCUT2D eigenvalue weighted by Crippen LogP contribution is 2.26. The zero-order valence-electron chi connectivity index (χ0n) is 12.7. The number of benzene rings is 1. The Balaban J connectivity index is 2.25. The van der Waals surface area contributed by atoms with Crippen LogP contribution in [0, 0.1) is 0 Å². The summed E-state index contributed by atoms with van der Waals surface area (Å²) in [5, 5.41) is 0. The van der Waals surface area contributed by atoms with E-state index in [0.29, 0.717) is 17.4 Å². The monoisotopic (exact) mass is 295 g/mol. The first-order valence-corrected chi connectivity index (χ1v) is 9.02. The van der Waals surface area contributed by atoms with Gasteiger partial charge in [-0.1, -0.05) is 32.4 Å². The molecular formula is C16H25NO2S. The molecule has 1 aromatic carbocycles. The first-order chi connectivity index (χ1) is 9.46. The summed E-state index contributed by atoms with van der Waals surface area (Å²) in [6, 6.07) is 7.55. The van der Waals surface area contributed by atoms with Crippen LogP contribution in [0.25, 0.3) is 0 Å².